The van der Waals surface area contributed by atoms with Crippen molar-refractivity contribution in [3.8, 4) is 6.07 Å². The van der Waals surface area contributed by atoms with Crippen molar-refractivity contribution in [1.82, 2.24) is 0 Å². The molecule has 104 valence electrons. The van der Waals surface area contributed by atoms with Crippen LogP contribution in [0.3, 0.4) is 0 Å². The maximum Gasteiger partial charge on any atom is 0.250 e. The Labute approximate surface area is 122 Å². The summed E-state index contributed by atoms with van der Waals surface area (Å²) in [6, 6.07) is 15.3. The number of nitriles is 1. The second kappa shape index (κ2) is 6.35. The molecule has 0 radical (unpaired) electrons. The summed E-state index contributed by atoms with van der Waals surface area (Å²) in [5, 5.41) is 11.4. The maximum atomic E-state index is 12.0. The van der Waals surface area contributed by atoms with E-state index >= 15 is 0 Å². The minimum absolute atomic E-state index is 0.152. The fraction of sp³-hybridized carbons (Fsp3) is 0.0625. The van der Waals surface area contributed by atoms with Crippen molar-refractivity contribution in [3.05, 3.63) is 65.2 Å². The van der Waals surface area contributed by atoms with Gasteiger partial charge in [-0.25, -0.2) is 0 Å². The molecular formula is C16H13N3O2. The molecule has 0 fully saturated rings. The van der Waals surface area contributed by atoms with Crippen molar-refractivity contribution >= 4 is 17.5 Å². The van der Waals surface area contributed by atoms with E-state index in [1.165, 1.54) is 0 Å². The number of nitrogens with zero attached hydrogens (tertiary/aromatic N) is 1. The van der Waals surface area contributed by atoms with Gasteiger partial charge in [0.1, 0.15) is 0 Å². The highest BCUT2D eigenvalue weighted by Gasteiger charge is 2.10. The predicted octanol–water partition coefficient (Wildman–Crippen LogP) is 1.84. The number of nitrogens with one attached hydrogen (secondary N) is 1. The smallest absolute Gasteiger partial charge is 0.250 e. The van der Waals surface area contributed by atoms with Crippen molar-refractivity contribution in [2.75, 3.05) is 5.32 Å². The van der Waals surface area contributed by atoms with E-state index in [0.29, 0.717) is 11.3 Å². The lowest BCUT2D eigenvalue weighted by atomic mass is 10.1. The number of carbonyl (C=O) groups is 2. The summed E-state index contributed by atoms with van der Waals surface area (Å²) in [4.78, 5) is 23.3. The summed E-state index contributed by atoms with van der Waals surface area (Å²) in [6.45, 7) is 0. The monoisotopic (exact) mass is 279 g/mol. The van der Waals surface area contributed by atoms with Crippen molar-refractivity contribution in [2.45, 2.75) is 6.42 Å². The zero-order chi connectivity index (χ0) is 15.2. The lowest BCUT2D eigenvalue weighted by molar-refractivity contribution is -0.115. The minimum Gasteiger partial charge on any atom is -0.366 e. The van der Waals surface area contributed by atoms with E-state index in [2.05, 4.69) is 5.32 Å². The Bertz CT molecular complexity index is 715. The van der Waals surface area contributed by atoms with Crippen LogP contribution in [-0.2, 0) is 11.2 Å². The van der Waals surface area contributed by atoms with Crippen molar-refractivity contribution in [2.24, 2.45) is 5.73 Å². The van der Waals surface area contributed by atoms with Crippen molar-refractivity contribution in [3.63, 3.8) is 0 Å². The van der Waals surface area contributed by atoms with Gasteiger partial charge < -0.3 is 11.1 Å². The molecule has 0 unspecified atom stereocenters. The fourth-order valence-electron chi connectivity index (χ4n) is 1.88. The van der Waals surface area contributed by atoms with Crippen LogP contribution in [0.25, 0.3) is 0 Å². The summed E-state index contributed by atoms with van der Waals surface area (Å²) in [7, 11) is 0. The fourth-order valence-corrected chi connectivity index (χ4v) is 1.88. The largest absolute Gasteiger partial charge is 0.366 e. The molecule has 2 amide bonds. The van der Waals surface area contributed by atoms with Crippen LogP contribution in [0.5, 0.6) is 0 Å². The Kier molecular flexibility index (Phi) is 4.32. The quantitative estimate of drug-likeness (QED) is 0.893. The lowest BCUT2D eigenvalue weighted by Gasteiger charge is -2.08. The summed E-state index contributed by atoms with van der Waals surface area (Å²) < 4.78 is 0. The van der Waals surface area contributed by atoms with Crippen LogP contribution in [0, 0.1) is 11.3 Å². The first-order valence-electron chi connectivity index (χ1n) is 6.28. The molecule has 0 spiro atoms. The highest BCUT2D eigenvalue weighted by molar-refractivity contribution is 6.03. The number of anilines is 1. The topological polar surface area (TPSA) is 96.0 Å². The van der Waals surface area contributed by atoms with Gasteiger partial charge in [-0.1, -0.05) is 24.3 Å². The number of carbonyl (C=O) groups excluding carboxylic acids is 2. The molecule has 0 atom stereocenters. The third-order valence-electron chi connectivity index (χ3n) is 2.91. The molecule has 0 saturated heterocycles. The van der Waals surface area contributed by atoms with E-state index in [9.17, 15) is 9.59 Å². The van der Waals surface area contributed by atoms with Crippen LogP contribution in [0.15, 0.2) is 48.5 Å². The molecule has 2 aromatic rings. The second-order valence-corrected chi connectivity index (χ2v) is 4.44. The van der Waals surface area contributed by atoms with Gasteiger partial charge in [0.05, 0.1) is 29.3 Å². The highest BCUT2D eigenvalue weighted by Crippen LogP contribution is 2.15. The van der Waals surface area contributed by atoms with Crippen molar-refractivity contribution < 1.29 is 9.59 Å². The van der Waals surface area contributed by atoms with Crippen LogP contribution < -0.4 is 11.1 Å². The van der Waals surface area contributed by atoms with Gasteiger partial charge in [0.25, 0.3) is 5.91 Å². The van der Waals surface area contributed by atoms with Crippen molar-refractivity contribution in [1.29, 1.82) is 5.26 Å². The first-order valence-corrected chi connectivity index (χ1v) is 6.28. The number of amides is 2. The van der Waals surface area contributed by atoms with E-state index in [0.717, 1.165) is 5.56 Å². The molecule has 0 aliphatic heterocycles. The molecule has 2 rings (SSSR count). The lowest BCUT2D eigenvalue weighted by Crippen LogP contribution is -2.19. The van der Waals surface area contributed by atoms with Gasteiger partial charge in [0.15, 0.2) is 0 Å². The summed E-state index contributed by atoms with van der Waals surface area (Å²) in [6.07, 6.45) is 0.152. The average Bonchev–Trinajstić information content (AvgIpc) is 2.48. The Morgan fingerprint density at radius 3 is 2.38 bits per heavy atom. The number of nitrogens with two attached hydrogens (primary N) is 1. The Morgan fingerprint density at radius 1 is 1.10 bits per heavy atom. The third kappa shape index (κ3) is 3.67. The Morgan fingerprint density at radius 2 is 1.76 bits per heavy atom. The number of hydrogen-bond donors (Lipinski definition) is 2. The Hall–Kier alpha value is -3.13. The highest BCUT2D eigenvalue weighted by atomic mass is 16.2. The van der Waals surface area contributed by atoms with Crippen LogP contribution in [-0.4, -0.2) is 11.8 Å². The van der Waals surface area contributed by atoms with Gasteiger partial charge in [-0.3, -0.25) is 9.59 Å². The van der Waals surface area contributed by atoms with Gasteiger partial charge in [-0.15, -0.1) is 0 Å². The first kappa shape index (κ1) is 14.3. The van der Waals surface area contributed by atoms with E-state index in [1.54, 1.807) is 48.5 Å². The van der Waals surface area contributed by atoms with Crippen LogP contribution >= 0.6 is 0 Å². The molecule has 0 bridgehead atoms. The van der Waals surface area contributed by atoms with E-state index in [1.807, 2.05) is 6.07 Å². The van der Waals surface area contributed by atoms with E-state index < -0.39 is 5.91 Å². The molecule has 2 aromatic carbocycles. The average molecular weight is 279 g/mol. The zero-order valence-corrected chi connectivity index (χ0v) is 11.2. The number of benzene rings is 2. The molecule has 0 aliphatic carbocycles. The summed E-state index contributed by atoms with van der Waals surface area (Å²) in [5.41, 5.74) is 7.24. The normalized spacial score (nSPS) is 9.67. The van der Waals surface area contributed by atoms with Gasteiger partial charge in [-0.2, -0.15) is 5.26 Å². The van der Waals surface area contributed by atoms with Crippen LogP contribution in [0.4, 0.5) is 5.69 Å². The summed E-state index contributed by atoms with van der Waals surface area (Å²) in [5.74, 6) is -0.849. The van der Waals surface area contributed by atoms with Crippen LogP contribution in [0.1, 0.15) is 21.5 Å². The standard InChI is InChI=1S/C16H13N3O2/c17-10-12-7-5-11(6-8-12)9-15(20)19-14-4-2-1-3-13(14)16(18)21/h1-8H,9H2,(H2,18,21)(H,19,20). The van der Waals surface area contributed by atoms with Gasteiger partial charge in [0, 0.05) is 0 Å². The van der Waals surface area contributed by atoms with E-state index in [4.69, 9.17) is 11.0 Å². The number of hydrogen-bond acceptors (Lipinski definition) is 3. The SMILES string of the molecule is N#Cc1ccc(CC(=O)Nc2ccccc2C(N)=O)cc1. The molecule has 3 N–H and O–H groups in total. The molecule has 0 aliphatic rings. The van der Waals surface area contributed by atoms with Crippen LogP contribution in [0.2, 0.25) is 0 Å². The third-order valence-corrected chi connectivity index (χ3v) is 2.91. The molecule has 21 heavy (non-hydrogen) atoms. The first-order chi connectivity index (χ1) is 10.1. The zero-order valence-electron chi connectivity index (χ0n) is 11.2. The maximum absolute atomic E-state index is 12.0. The molecule has 0 aromatic heterocycles. The molecule has 0 heterocycles. The van der Waals surface area contributed by atoms with E-state index in [-0.39, 0.29) is 17.9 Å². The summed E-state index contributed by atoms with van der Waals surface area (Å²) >= 11 is 0. The second-order valence-electron chi connectivity index (χ2n) is 4.44. The number of primary amides is 1. The molecular weight excluding hydrogens is 266 g/mol. The molecule has 0 saturated carbocycles. The molecule has 5 heteroatoms. The predicted molar refractivity (Wildman–Crippen MR) is 78.5 cm³/mol. The number of rotatable bonds is 4. The minimum atomic E-state index is -0.593. The van der Waals surface area contributed by atoms with Gasteiger partial charge in [0.2, 0.25) is 5.91 Å². The van der Waals surface area contributed by atoms with Gasteiger partial charge in [-0.05, 0) is 29.8 Å². The Balaban J connectivity index is 2.08. The number of para-hydroxylation sites is 1. The molecule has 5 nitrogen and oxygen atoms in total. The van der Waals surface area contributed by atoms with Gasteiger partial charge >= 0.3 is 0 Å².